The van der Waals surface area contributed by atoms with Gasteiger partial charge >= 0.3 is 0 Å². The van der Waals surface area contributed by atoms with Crippen molar-refractivity contribution >= 4 is 11.6 Å². The Labute approximate surface area is 159 Å². The lowest BCUT2D eigenvalue weighted by molar-refractivity contribution is 0.102. The van der Waals surface area contributed by atoms with Gasteiger partial charge in [0.1, 0.15) is 5.56 Å². The summed E-state index contributed by atoms with van der Waals surface area (Å²) in [4.78, 5) is 16.6. The lowest BCUT2D eigenvalue weighted by Gasteiger charge is -2.07. The van der Waals surface area contributed by atoms with E-state index in [-0.39, 0.29) is 17.2 Å². The van der Waals surface area contributed by atoms with Gasteiger partial charge in [0.05, 0.1) is 17.6 Å². The third kappa shape index (κ3) is 2.37. The molecule has 0 unspecified atom stereocenters. The lowest BCUT2D eigenvalue weighted by Crippen LogP contribution is -2.12. The van der Waals surface area contributed by atoms with Crippen molar-refractivity contribution in [3.63, 3.8) is 0 Å². The van der Waals surface area contributed by atoms with Gasteiger partial charge in [-0.3, -0.25) is 9.36 Å². The summed E-state index contributed by atoms with van der Waals surface area (Å²) >= 11 is 0. The van der Waals surface area contributed by atoms with Crippen LogP contribution < -0.4 is 5.32 Å². The van der Waals surface area contributed by atoms with E-state index in [1.165, 1.54) is 11.0 Å². The predicted molar refractivity (Wildman–Crippen MR) is 102 cm³/mol. The summed E-state index contributed by atoms with van der Waals surface area (Å²) in [5.74, 6) is -0.435. The minimum absolute atomic E-state index is 0.135. The molecule has 3 N–H and O–H groups in total. The molecule has 7 nitrogen and oxygen atoms in total. The molecule has 0 bridgehead atoms. The van der Waals surface area contributed by atoms with Crippen LogP contribution in [0.5, 0.6) is 11.6 Å². The van der Waals surface area contributed by atoms with Crippen molar-refractivity contribution in [2.24, 2.45) is 0 Å². The molecular formula is C21H15N3O4. The average molecular weight is 373 g/mol. The number of aromatic nitrogens is 2. The minimum atomic E-state index is -0.582. The molecule has 0 fully saturated rings. The fourth-order valence-corrected chi connectivity index (χ4v) is 3.56. The van der Waals surface area contributed by atoms with E-state index in [0.29, 0.717) is 23.6 Å². The molecule has 1 aliphatic heterocycles. The number of oxazole rings is 1. The number of fused-ring (bicyclic) bond motifs is 3. The Balaban J connectivity index is 1.44. The zero-order valence-electron chi connectivity index (χ0n) is 14.6. The molecule has 0 saturated carbocycles. The van der Waals surface area contributed by atoms with E-state index in [0.717, 1.165) is 16.8 Å². The molecule has 1 amide bonds. The van der Waals surface area contributed by atoms with Crippen molar-refractivity contribution in [3.05, 3.63) is 77.9 Å². The first-order valence-corrected chi connectivity index (χ1v) is 8.67. The van der Waals surface area contributed by atoms with Gasteiger partial charge in [-0.15, -0.1) is 0 Å². The highest BCUT2D eigenvalue weighted by Gasteiger charge is 2.32. The summed E-state index contributed by atoms with van der Waals surface area (Å²) in [7, 11) is 0. The van der Waals surface area contributed by atoms with Gasteiger partial charge in [0.15, 0.2) is 17.9 Å². The van der Waals surface area contributed by atoms with Gasteiger partial charge in [-0.05, 0) is 35.9 Å². The molecule has 28 heavy (non-hydrogen) atoms. The molecule has 0 aliphatic carbocycles. The van der Waals surface area contributed by atoms with Crippen molar-refractivity contribution < 1.29 is 19.4 Å². The van der Waals surface area contributed by atoms with E-state index in [1.54, 1.807) is 30.5 Å². The fraction of sp³-hybridized carbons (Fsp3) is 0.0476. The number of para-hydroxylation sites is 1. The molecule has 0 saturated heterocycles. The van der Waals surface area contributed by atoms with Crippen LogP contribution in [0, 0.1) is 0 Å². The number of benzene rings is 2. The lowest BCUT2D eigenvalue weighted by atomic mass is 10.1. The molecule has 1 aliphatic rings. The van der Waals surface area contributed by atoms with Crippen LogP contribution in [0.25, 0.3) is 17.0 Å². The van der Waals surface area contributed by atoms with Gasteiger partial charge in [0, 0.05) is 17.7 Å². The first-order valence-electron chi connectivity index (χ1n) is 8.67. The maximum absolute atomic E-state index is 12.7. The van der Waals surface area contributed by atoms with Crippen LogP contribution in [0.2, 0.25) is 0 Å². The maximum atomic E-state index is 12.7. The van der Waals surface area contributed by atoms with Gasteiger partial charge in [-0.1, -0.05) is 18.2 Å². The monoisotopic (exact) mass is 373 g/mol. The summed E-state index contributed by atoms with van der Waals surface area (Å²) in [6.45, 7) is 0. The molecule has 0 atom stereocenters. The third-order valence-corrected chi connectivity index (χ3v) is 4.89. The molecule has 0 radical (unpaired) electrons. The number of carbonyl (C=O) groups is 1. The Morgan fingerprint density at radius 1 is 1.11 bits per heavy atom. The highest BCUT2D eigenvalue weighted by Crippen LogP contribution is 2.43. The third-order valence-electron chi connectivity index (χ3n) is 4.89. The molecule has 138 valence electrons. The van der Waals surface area contributed by atoms with Crippen LogP contribution in [-0.2, 0) is 6.42 Å². The fourth-order valence-electron chi connectivity index (χ4n) is 3.56. The Morgan fingerprint density at radius 3 is 2.64 bits per heavy atom. The zero-order valence-corrected chi connectivity index (χ0v) is 14.6. The van der Waals surface area contributed by atoms with Gasteiger partial charge < -0.3 is 19.9 Å². The van der Waals surface area contributed by atoms with Crippen molar-refractivity contribution in [3.8, 4) is 28.6 Å². The Bertz CT molecular complexity index is 1190. The van der Waals surface area contributed by atoms with Crippen LogP contribution in [0.15, 0.2) is 65.5 Å². The molecular weight excluding hydrogens is 358 g/mol. The van der Waals surface area contributed by atoms with E-state index in [4.69, 9.17) is 4.42 Å². The van der Waals surface area contributed by atoms with Crippen LogP contribution in [-0.4, -0.2) is 25.7 Å². The first kappa shape index (κ1) is 16.2. The van der Waals surface area contributed by atoms with E-state index >= 15 is 0 Å². The standard InChI is InChI=1S/C21H15N3O4/c25-19-16-9-13-3-1-2-4-15(13)24(16)21(27)18(19)20(26)23-14-7-5-12(6-8-14)17-10-22-11-28-17/h1-8,10-11,25,27H,9H2,(H,23,26). The topological polar surface area (TPSA) is 101 Å². The highest BCUT2D eigenvalue weighted by atomic mass is 16.3. The normalized spacial score (nSPS) is 11.9. The smallest absolute Gasteiger partial charge is 0.264 e. The van der Waals surface area contributed by atoms with Gasteiger partial charge in [0.2, 0.25) is 5.88 Å². The Morgan fingerprint density at radius 2 is 1.89 bits per heavy atom. The average Bonchev–Trinajstić information content (AvgIpc) is 3.40. The molecule has 2 aromatic carbocycles. The van der Waals surface area contributed by atoms with Crippen molar-refractivity contribution in [1.29, 1.82) is 0 Å². The number of aromatic hydroxyl groups is 2. The minimum Gasteiger partial charge on any atom is -0.505 e. The molecule has 7 heteroatoms. The second kappa shape index (κ2) is 6.02. The van der Waals surface area contributed by atoms with Crippen LogP contribution in [0.3, 0.4) is 0 Å². The number of amides is 1. The number of hydrogen-bond acceptors (Lipinski definition) is 5. The van der Waals surface area contributed by atoms with Gasteiger partial charge in [-0.25, -0.2) is 4.98 Å². The maximum Gasteiger partial charge on any atom is 0.264 e. The Hall–Kier alpha value is -4.00. The number of anilines is 1. The van der Waals surface area contributed by atoms with Crippen LogP contribution in [0.1, 0.15) is 21.6 Å². The summed E-state index contributed by atoms with van der Waals surface area (Å²) in [6.07, 6.45) is 3.40. The summed E-state index contributed by atoms with van der Waals surface area (Å²) < 4.78 is 6.76. The zero-order chi connectivity index (χ0) is 19.3. The first-order chi connectivity index (χ1) is 13.6. The predicted octanol–water partition coefficient (Wildman–Crippen LogP) is 3.70. The second-order valence-corrected chi connectivity index (χ2v) is 6.53. The summed E-state index contributed by atoms with van der Waals surface area (Å²) in [5, 5.41) is 23.9. The molecule has 2 aromatic heterocycles. The largest absolute Gasteiger partial charge is 0.505 e. The summed E-state index contributed by atoms with van der Waals surface area (Å²) in [6, 6.07) is 14.5. The number of hydrogen-bond donors (Lipinski definition) is 3. The van der Waals surface area contributed by atoms with Crippen molar-refractivity contribution in [1.82, 2.24) is 9.55 Å². The molecule has 0 spiro atoms. The van der Waals surface area contributed by atoms with E-state index in [2.05, 4.69) is 10.3 Å². The number of nitrogens with one attached hydrogen (secondary N) is 1. The highest BCUT2D eigenvalue weighted by molar-refractivity contribution is 6.08. The van der Waals surface area contributed by atoms with E-state index in [1.807, 2.05) is 24.3 Å². The summed E-state index contributed by atoms with van der Waals surface area (Å²) in [5.41, 5.74) is 3.46. The molecule has 5 rings (SSSR count). The van der Waals surface area contributed by atoms with Crippen molar-refractivity contribution in [2.45, 2.75) is 6.42 Å². The Kier molecular flexibility index (Phi) is 3.48. The van der Waals surface area contributed by atoms with E-state index < -0.39 is 5.91 Å². The van der Waals surface area contributed by atoms with Crippen LogP contribution in [0.4, 0.5) is 5.69 Å². The number of nitrogens with zero attached hydrogens (tertiary/aromatic N) is 2. The molecule has 4 aromatic rings. The van der Waals surface area contributed by atoms with E-state index in [9.17, 15) is 15.0 Å². The number of rotatable bonds is 3. The SMILES string of the molecule is O=C(Nc1ccc(-c2cnco2)cc1)c1c(O)c2n(c1O)-c1ccccc1C2. The van der Waals surface area contributed by atoms with Gasteiger partial charge in [-0.2, -0.15) is 0 Å². The quantitative estimate of drug-likeness (QED) is 0.448. The van der Waals surface area contributed by atoms with Gasteiger partial charge in [0.25, 0.3) is 5.91 Å². The van der Waals surface area contributed by atoms with Crippen molar-refractivity contribution in [2.75, 3.05) is 5.32 Å². The second-order valence-electron chi connectivity index (χ2n) is 6.53. The van der Waals surface area contributed by atoms with Crippen LogP contribution >= 0.6 is 0 Å². The number of carbonyl (C=O) groups excluding carboxylic acids is 1. The molecule has 3 heterocycles.